The van der Waals surface area contributed by atoms with Gasteiger partial charge in [0, 0.05) is 5.56 Å². The Morgan fingerprint density at radius 2 is 1.42 bits per heavy atom. The average molecular weight is 521 g/mol. The lowest BCUT2D eigenvalue weighted by Gasteiger charge is -2.13. The van der Waals surface area contributed by atoms with Gasteiger partial charge in [0.25, 0.3) is 0 Å². The molecule has 1 aromatic heterocycles. The van der Waals surface area contributed by atoms with Crippen LogP contribution in [0.1, 0.15) is 69.7 Å². The highest BCUT2D eigenvalue weighted by molar-refractivity contribution is 5.91. The van der Waals surface area contributed by atoms with E-state index in [1.807, 2.05) is 0 Å². The number of unbranched alkanes of at least 4 members (excludes halogenated alkanes) is 5. The van der Waals surface area contributed by atoms with Crippen molar-refractivity contribution >= 4 is 11.9 Å². The van der Waals surface area contributed by atoms with Gasteiger partial charge in [-0.05, 0) is 68.8 Å². The van der Waals surface area contributed by atoms with Gasteiger partial charge in [-0.15, -0.1) is 0 Å². The summed E-state index contributed by atoms with van der Waals surface area (Å²) < 4.78 is 21.7. The van der Waals surface area contributed by atoms with Gasteiger partial charge in [0.15, 0.2) is 17.7 Å². The lowest BCUT2D eigenvalue weighted by atomic mass is 10.1. The fourth-order valence-corrected chi connectivity index (χ4v) is 3.63. The van der Waals surface area contributed by atoms with Crippen LogP contribution in [-0.2, 0) is 9.53 Å². The minimum atomic E-state index is -0.746. The van der Waals surface area contributed by atoms with E-state index in [1.165, 1.54) is 32.1 Å². The molecule has 0 spiro atoms. The highest BCUT2D eigenvalue weighted by Crippen LogP contribution is 2.22. The summed E-state index contributed by atoms with van der Waals surface area (Å²) in [4.78, 5) is 33.0. The largest absolute Gasteiger partial charge is 0.490 e. The van der Waals surface area contributed by atoms with Gasteiger partial charge in [-0.2, -0.15) is 0 Å². The molecule has 3 aromatic rings. The number of benzene rings is 2. The van der Waals surface area contributed by atoms with Crippen molar-refractivity contribution in [1.29, 1.82) is 0 Å². The molecule has 0 saturated carbocycles. The Morgan fingerprint density at radius 1 is 0.789 bits per heavy atom. The molecule has 0 amide bonds. The molecule has 0 unspecified atom stereocenters. The van der Waals surface area contributed by atoms with Crippen LogP contribution in [0, 0.1) is 0 Å². The quantitative estimate of drug-likeness (QED) is 0.128. The van der Waals surface area contributed by atoms with Crippen LogP contribution >= 0.6 is 0 Å². The highest BCUT2D eigenvalue weighted by atomic mass is 16.6. The maximum absolute atomic E-state index is 12.5. The maximum atomic E-state index is 12.5. The molecule has 0 aliphatic carbocycles. The smallest absolute Gasteiger partial charge is 0.347 e. The van der Waals surface area contributed by atoms with Crippen molar-refractivity contribution in [3.63, 3.8) is 0 Å². The predicted octanol–water partition coefficient (Wildman–Crippen LogP) is 6.43. The topological polar surface area (TPSA) is 96.8 Å². The standard InChI is InChI=1S/C30H36N2O6/c1-4-6-7-8-9-10-19-36-27-20-31-28(32-21-27)23-11-15-26(16-12-23)38-30(34)24-13-17-25(18-14-24)37-22(3)29(33)35-5-2/h11-18,20-22H,4-10,19H2,1-3H3/t22-/m1/s1. The maximum Gasteiger partial charge on any atom is 0.347 e. The first kappa shape index (κ1) is 28.6. The van der Waals surface area contributed by atoms with Gasteiger partial charge in [-0.25, -0.2) is 19.6 Å². The van der Waals surface area contributed by atoms with Gasteiger partial charge in [0.05, 0.1) is 31.2 Å². The van der Waals surface area contributed by atoms with Crippen molar-refractivity contribution in [3.05, 3.63) is 66.5 Å². The third-order valence-electron chi connectivity index (χ3n) is 5.74. The van der Waals surface area contributed by atoms with Crippen LogP contribution in [0.3, 0.4) is 0 Å². The summed E-state index contributed by atoms with van der Waals surface area (Å²) in [5, 5.41) is 0. The molecule has 0 aliphatic heterocycles. The normalized spacial score (nSPS) is 11.4. The third kappa shape index (κ3) is 9.18. The van der Waals surface area contributed by atoms with E-state index >= 15 is 0 Å². The summed E-state index contributed by atoms with van der Waals surface area (Å²) in [6.07, 6.45) is 9.88. The molecule has 38 heavy (non-hydrogen) atoms. The van der Waals surface area contributed by atoms with E-state index in [0.717, 1.165) is 12.0 Å². The Hall–Kier alpha value is -3.94. The molecule has 0 saturated heterocycles. The molecule has 0 fully saturated rings. The van der Waals surface area contributed by atoms with Gasteiger partial charge in [0.2, 0.25) is 0 Å². The van der Waals surface area contributed by atoms with Crippen molar-refractivity contribution in [2.24, 2.45) is 0 Å². The Morgan fingerprint density at radius 3 is 2.08 bits per heavy atom. The number of nitrogens with zero attached hydrogens (tertiary/aromatic N) is 2. The Balaban J connectivity index is 1.47. The van der Waals surface area contributed by atoms with E-state index in [-0.39, 0.29) is 6.61 Å². The molecule has 0 bridgehead atoms. The summed E-state index contributed by atoms with van der Waals surface area (Å²) in [5.41, 5.74) is 1.15. The fourth-order valence-electron chi connectivity index (χ4n) is 3.63. The van der Waals surface area contributed by atoms with Crippen LogP contribution in [0.5, 0.6) is 17.2 Å². The zero-order valence-electron chi connectivity index (χ0n) is 22.4. The summed E-state index contributed by atoms with van der Waals surface area (Å²) in [6.45, 7) is 6.50. The van der Waals surface area contributed by atoms with Crippen LogP contribution in [-0.4, -0.2) is 41.2 Å². The molecule has 0 N–H and O–H groups in total. The first-order chi connectivity index (χ1) is 18.5. The molecule has 0 radical (unpaired) electrons. The van der Waals surface area contributed by atoms with Crippen molar-refractivity contribution in [3.8, 4) is 28.6 Å². The zero-order chi connectivity index (χ0) is 27.2. The molecule has 2 aromatic carbocycles. The fraction of sp³-hybridized carbons (Fsp3) is 0.400. The lowest BCUT2D eigenvalue weighted by molar-refractivity contribution is -0.150. The van der Waals surface area contributed by atoms with Gasteiger partial charge >= 0.3 is 11.9 Å². The highest BCUT2D eigenvalue weighted by Gasteiger charge is 2.16. The molecule has 0 aliphatic rings. The second-order valence-electron chi connectivity index (χ2n) is 8.81. The number of carbonyl (C=O) groups is 2. The third-order valence-corrected chi connectivity index (χ3v) is 5.74. The number of esters is 2. The summed E-state index contributed by atoms with van der Waals surface area (Å²) in [7, 11) is 0. The molecule has 3 rings (SSSR count). The number of carbonyl (C=O) groups excluding carboxylic acids is 2. The van der Waals surface area contributed by atoms with Gasteiger partial charge < -0.3 is 18.9 Å². The first-order valence-corrected chi connectivity index (χ1v) is 13.2. The van der Waals surface area contributed by atoms with Crippen LogP contribution in [0.4, 0.5) is 0 Å². The van der Waals surface area contributed by atoms with Crippen molar-refractivity contribution < 1.29 is 28.5 Å². The molecule has 8 heteroatoms. The van der Waals surface area contributed by atoms with Crippen LogP contribution in [0.2, 0.25) is 0 Å². The van der Waals surface area contributed by atoms with Gasteiger partial charge in [-0.3, -0.25) is 0 Å². The summed E-state index contributed by atoms with van der Waals surface area (Å²) >= 11 is 0. The second kappa shape index (κ2) is 15.3. The SMILES string of the molecule is CCCCCCCCOc1cnc(-c2ccc(OC(=O)c3ccc(O[C@H](C)C(=O)OCC)cc3)cc2)nc1. The van der Waals surface area contributed by atoms with Crippen molar-refractivity contribution in [2.75, 3.05) is 13.2 Å². The van der Waals surface area contributed by atoms with Crippen molar-refractivity contribution in [1.82, 2.24) is 9.97 Å². The lowest BCUT2D eigenvalue weighted by Crippen LogP contribution is -2.26. The van der Waals surface area contributed by atoms with E-state index in [9.17, 15) is 9.59 Å². The predicted molar refractivity (Wildman–Crippen MR) is 144 cm³/mol. The van der Waals surface area contributed by atoms with Crippen LogP contribution < -0.4 is 14.2 Å². The molecule has 1 heterocycles. The Kier molecular flexibility index (Phi) is 11.6. The Labute approximate surface area is 224 Å². The molecule has 202 valence electrons. The Bertz CT molecular complexity index is 1130. The monoisotopic (exact) mass is 520 g/mol. The minimum Gasteiger partial charge on any atom is -0.490 e. The van der Waals surface area contributed by atoms with E-state index in [1.54, 1.807) is 74.8 Å². The molecule has 1 atom stereocenters. The number of rotatable bonds is 15. The van der Waals surface area contributed by atoms with E-state index in [2.05, 4.69) is 16.9 Å². The molecule has 8 nitrogen and oxygen atoms in total. The zero-order valence-corrected chi connectivity index (χ0v) is 22.4. The second-order valence-corrected chi connectivity index (χ2v) is 8.81. The number of hydrogen-bond donors (Lipinski definition) is 0. The van der Waals surface area contributed by atoms with Crippen molar-refractivity contribution in [2.45, 2.75) is 65.4 Å². The van der Waals surface area contributed by atoms with E-state index < -0.39 is 18.0 Å². The first-order valence-electron chi connectivity index (χ1n) is 13.2. The number of ether oxygens (including phenoxy) is 4. The summed E-state index contributed by atoms with van der Waals surface area (Å²) in [5.74, 6) is 1.10. The average Bonchev–Trinajstić information content (AvgIpc) is 2.94. The number of hydrogen-bond acceptors (Lipinski definition) is 8. The van der Waals surface area contributed by atoms with E-state index in [4.69, 9.17) is 18.9 Å². The summed E-state index contributed by atoms with van der Waals surface area (Å²) in [6, 6.07) is 13.3. The van der Waals surface area contributed by atoms with E-state index in [0.29, 0.717) is 35.2 Å². The van der Waals surface area contributed by atoms with Crippen LogP contribution in [0.15, 0.2) is 60.9 Å². The molecular formula is C30H36N2O6. The van der Waals surface area contributed by atoms with Crippen LogP contribution in [0.25, 0.3) is 11.4 Å². The van der Waals surface area contributed by atoms with Gasteiger partial charge in [0.1, 0.15) is 11.5 Å². The van der Waals surface area contributed by atoms with Gasteiger partial charge in [-0.1, -0.05) is 39.0 Å². The molecular weight excluding hydrogens is 484 g/mol. The minimum absolute atomic E-state index is 0.284. The number of aromatic nitrogens is 2.